The van der Waals surface area contributed by atoms with Crippen LogP contribution >= 0.6 is 11.6 Å². The van der Waals surface area contributed by atoms with Gasteiger partial charge in [0.05, 0.1) is 5.57 Å². The summed E-state index contributed by atoms with van der Waals surface area (Å²) < 4.78 is 6.29. The Bertz CT molecular complexity index is 1210. The average Bonchev–Trinajstić information content (AvgIpc) is 2.74. The predicted molar refractivity (Wildman–Crippen MR) is 118 cm³/mol. The molecule has 0 saturated carbocycles. The van der Waals surface area contributed by atoms with Gasteiger partial charge in [-0.15, -0.1) is 0 Å². The number of carboxylic acids is 1. The molecule has 0 unspecified atom stereocenters. The zero-order valence-corrected chi connectivity index (χ0v) is 16.2. The predicted octanol–water partition coefficient (Wildman–Crippen LogP) is 7.05. The third kappa shape index (κ3) is 3.86. The summed E-state index contributed by atoms with van der Waals surface area (Å²) in [7, 11) is 0. The number of carboxylic acid groups (broad SMARTS) is 1. The summed E-state index contributed by atoms with van der Waals surface area (Å²) in [6.07, 6.45) is 0. The highest BCUT2D eigenvalue weighted by Gasteiger charge is 2.13. The third-order valence-corrected chi connectivity index (χ3v) is 4.97. The summed E-state index contributed by atoms with van der Waals surface area (Å²) in [5, 5.41) is 11.8. The molecule has 0 bridgehead atoms. The van der Waals surface area contributed by atoms with Crippen LogP contribution in [0.5, 0.6) is 11.5 Å². The molecule has 0 aliphatic carbocycles. The first kappa shape index (κ1) is 18.8. The van der Waals surface area contributed by atoms with E-state index in [9.17, 15) is 4.79 Å². The number of hydrogen-bond acceptors (Lipinski definition) is 2. The van der Waals surface area contributed by atoms with Crippen molar-refractivity contribution in [3.8, 4) is 22.6 Å². The molecule has 0 saturated heterocycles. The molecule has 0 heterocycles. The molecule has 3 nitrogen and oxygen atoms in total. The van der Waals surface area contributed by atoms with Gasteiger partial charge in [-0.3, -0.25) is 0 Å². The number of ether oxygens (including phenoxy) is 1. The van der Waals surface area contributed by atoms with E-state index in [0.29, 0.717) is 16.3 Å². The Morgan fingerprint density at radius 1 is 0.862 bits per heavy atom. The van der Waals surface area contributed by atoms with Crippen molar-refractivity contribution in [2.75, 3.05) is 0 Å². The number of benzene rings is 4. The van der Waals surface area contributed by atoms with Crippen LogP contribution in [-0.2, 0) is 4.79 Å². The molecule has 0 aromatic heterocycles. The average molecular weight is 401 g/mol. The molecule has 0 atom stereocenters. The number of halogens is 1. The van der Waals surface area contributed by atoms with Crippen LogP contribution in [0.1, 0.15) is 5.56 Å². The SMILES string of the molecule is C=C(C(=O)O)c1ccc(Oc2c(-c3ccc(Cl)cc3)ccc3ccccc23)cc1. The second-order valence-corrected chi connectivity index (χ2v) is 7.02. The van der Waals surface area contributed by atoms with Gasteiger partial charge in [0.1, 0.15) is 11.5 Å². The number of rotatable bonds is 5. The first-order valence-electron chi connectivity index (χ1n) is 9.01. The van der Waals surface area contributed by atoms with Crippen LogP contribution in [0.4, 0.5) is 0 Å². The molecule has 0 aliphatic heterocycles. The van der Waals surface area contributed by atoms with Gasteiger partial charge in [0.25, 0.3) is 0 Å². The van der Waals surface area contributed by atoms with Gasteiger partial charge in [-0.1, -0.05) is 72.8 Å². The third-order valence-electron chi connectivity index (χ3n) is 4.72. The lowest BCUT2D eigenvalue weighted by molar-refractivity contribution is -0.130. The van der Waals surface area contributed by atoms with Crippen LogP contribution in [0, 0.1) is 0 Å². The van der Waals surface area contributed by atoms with Gasteiger partial charge in [0.2, 0.25) is 0 Å². The van der Waals surface area contributed by atoms with Crippen LogP contribution in [0.25, 0.3) is 27.5 Å². The van der Waals surface area contributed by atoms with Crippen molar-refractivity contribution in [1.29, 1.82) is 0 Å². The maximum absolute atomic E-state index is 11.1. The Balaban J connectivity index is 1.79. The monoisotopic (exact) mass is 400 g/mol. The minimum atomic E-state index is -1.04. The Morgan fingerprint density at radius 2 is 1.55 bits per heavy atom. The first-order valence-corrected chi connectivity index (χ1v) is 9.39. The molecule has 0 radical (unpaired) electrons. The maximum atomic E-state index is 11.1. The molecule has 4 aromatic rings. The highest BCUT2D eigenvalue weighted by atomic mass is 35.5. The van der Waals surface area contributed by atoms with Gasteiger partial charge in [-0.2, -0.15) is 0 Å². The standard InChI is InChI=1S/C25H17ClO3/c1-16(25(27)28)17-8-13-21(14-9-17)29-24-22-5-3-2-4-18(22)10-15-23(24)19-6-11-20(26)12-7-19/h2-15H,1H2,(H,27,28). The summed E-state index contributed by atoms with van der Waals surface area (Å²) >= 11 is 6.05. The Morgan fingerprint density at radius 3 is 2.24 bits per heavy atom. The summed E-state index contributed by atoms with van der Waals surface area (Å²) in [4.78, 5) is 11.1. The summed E-state index contributed by atoms with van der Waals surface area (Å²) in [5.41, 5.74) is 2.52. The molecular weight excluding hydrogens is 384 g/mol. The fourth-order valence-electron chi connectivity index (χ4n) is 3.18. The molecule has 0 aliphatic rings. The molecule has 29 heavy (non-hydrogen) atoms. The summed E-state index contributed by atoms with van der Waals surface area (Å²) in [6, 6.07) is 26.6. The lowest BCUT2D eigenvalue weighted by Gasteiger charge is -2.15. The van der Waals surface area contributed by atoms with Gasteiger partial charge < -0.3 is 9.84 Å². The van der Waals surface area contributed by atoms with E-state index in [1.807, 2.05) is 54.6 Å². The van der Waals surface area contributed by atoms with Gasteiger partial charge in [0, 0.05) is 16.0 Å². The summed E-state index contributed by atoms with van der Waals surface area (Å²) in [5.74, 6) is 0.298. The van der Waals surface area contributed by atoms with Gasteiger partial charge in [-0.05, 0) is 46.8 Å². The summed E-state index contributed by atoms with van der Waals surface area (Å²) in [6.45, 7) is 3.59. The molecule has 0 spiro atoms. The molecular formula is C25H17ClO3. The lowest BCUT2D eigenvalue weighted by atomic mass is 9.99. The fourth-order valence-corrected chi connectivity index (χ4v) is 3.30. The van der Waals surface area contributed by atoms with Crippen LogP contribution in [0.3, 0.4) is 0 Å². The van der Waals surface area contributed by atoms with Gasteiger partial charge >= 0.3 is 5.97 Å². The zero-order chi connectivity index (χ0) is 20.4. The highest BCUT2D eigenvalue weighted by Crippen LogP contribution is 2.40. The topological polar surface area (TPSA) is 46.5 Å². The van der Waals surface area contributed by atoms with E-state index < -0.39 is 5.97 Å². The van der Waals surface area contributed by atoms with E-state index in [1.54, 1.807) is 24.3 Å². The molecule has 0 fully saturated rings. The van der Waals surface area contributed by atoms with E-state index in [4.69, 9.17) is 21.4 Å². The quantitative estimate of drug-likeness (QED) is 0.365. The van der Waals surface area contributed by atoms with Gasteiger partial charge in [0.15, 0.2) is 0 Å². The molecule has 0 amide bonds. The number of carbonyl (C=O) groups is 1. The fraction of sp³-hybridized carbons (Fsp3) is 0. The van der Waals surface area contributed by atoms with E-state index >= 15 is 0 Å². The lowest BCUT2D eigenvalue weighted by Crippen LogP contribution is -1.97. The first-order chi connectivity index (χ1) is 14.0. The molecule has 4 rings (SSSR count). The molecule has 4 aromatic carbocycles. The van der Waals surface area contributed by atoms with Crippen LogP contribution < -0.4 is 4.74 Å². The molecule has 4 heteroatoms. The van der Waals surface area contributed by atoms with Crippen molar-refractivity contribution in [1.82, 2.24) is 0 Å². The van der Waals surface area contributed by atoms with E-state index in [0.717, 1.165) is 27.6 Å². The molecule has 1 N–H and O–H groups in total. The van der Waals surface area contributed by atoms with Crippen molar-refractivity contribution in [2.45, 2.75) is 0 Å². The number of aliphatic carboxylic acids is 1. The largest absolute Gasteiger partial charge is 0.478 e. The minimum Gasteiger partial charge on any atom is -0.478 e. The van der Waals surface area contributed by atoms with Crippen molar-refractivity contribution in [3.63, 3.8) is 0 Å². The van der Waals surface area contributed by atoms with Gasteiger partial charge in [-0.25, -0.2) is 4.79 Å². The highest BCUT2D eigenvalue weighted by molar-refractivity contribution is 6.30. The Hall–Kier alpha value is -3.56. The van der Waals surface area contributed by atoms with Crippen LogP contribution in [-0.4, -0.2) is 11.1 Å². The Kier molecular flexibility index (Phi) is 5.07. The van der Waals surface area contributed by atoms with Crippen LogP contribution in [0.15, 0.2) is 91.5 Å². The van der Waals surface area contributed by atoms with Crippen molar-refractivity contribution >= 4 is 33.9 Å². The van der Waals surface area contributed by atoms with Crippen LogP contribution in [0.2, 0.25) is 5.02 Å². The van der Waals surface area contributed by atoms with E-state index in [-0.39, 0.29) is 5.57 Å². The number of hydrogen-bond donors (Lipinski definition) is 1. The minimum absolute atomic E-state index is 0.0450. The zero-order valence-electron chi connectivity index (χ0n) is 15.4. The second kappa shape index (κ2) is 7.82. The van der Waals surface area contributed by atoms with Crippen molar-refractivity contribution in [3.05, 3.63) is 102 Å². The van der Waals surface area contributed by atoms with E-state index in [2.05, 4.69) is 12.6 Å². The molecule has 142 valence electrons. The van der Waals surface area contributed by atoms with Crippen molar-refractivity contribution in [2.24, 2.45) is 0 Å². The smallest absolute Gasteiger partial charge is 0.335 e. The van der Waals surface area contributed by atoms with Crippen molar-refractivity contribution < 1.29 is 14.6 Å². The second-order valence-electron chi connectivity index (χ2n) is 6.58. The normalized spacial score (nSPS) is 10.7. The maximum Gasteiger partial charge on any atom is 0.335 e. The van der Waals surface area contributed by atoms with E-state index in [1.165, 1.54) is 0 Å². The number of fused-ring (bicyclic) bond motifs is 1. The Labute approximate surface area is 173 Å².